The molecular formula is C14H27N3O. The van der Waals surface area contributed by atoms with E-state index in [-0.39, 0.29) is 11.5 Å². The van der Waals surface area contributed by atoms with E-state index in [0.717, 1.165) is 31.6 Å². The maximum atomic E-state index is 12.2. The Morgan fingerprint density at radius 1 is 1.11 bits per heavy atom. The maximum Gasteiger partial charge on any atom is 0.290 e. The molecule has 0 saturated heterocycles. The standard InChI is InChI=1S/C14H27N3O/c1-6-8-16-13(11(4)5)12(15)14(18)17(16)9-7-10(2)3/h10-11H,6-9,15H2,1-5H3. The summed E-state index contributed by atoms with van der Waals surface area (Å²) >= 11 is 0. The average Bonchev–Trinajstić information content (AvgIpc) is 2.50. The van der Waals surface area contributed by atoms with Crippen LogP contribution in [0.4, 0.5) is 5.69 Å². The first-order chi connectivity index (χ1) is 8.40. The number of nitrogens with zero attached hydrogens (tertiary/aromatic N) is 2. The Morgan fingerprint density at radius 2 is 1.72 bits per heavy atom. The lowest BCUT2D eigenvalue weighted by Crippen LogP contribution is -2.25. The van der Waals surface area contributed by atoms with E-state index < -0.39 is 0 Å². The van der Waals surface area contributed by atoms with Crippen molar-refractivity contribution in [2.45, 2.75) is 66.5 Å². The van der Waals surface area contributed by atoms with E-state index in [0.29, 0.717) is 11.6 Å². The molecule has 0 saturated carbocycles. The van der Waals surface area contributed by atoms with Crippen LogP contribution in [-0.4, -0.2) is 9.36 Å². The van der Waals surface area contributed by atoms with Gasteiger partial charge >= 0.3 is 0 Å². The predicted octanol–water partition coefficient (Wildman–Crippen LogP) is 2.81. The van der Waals surface area contributed by atoms with Gasteiger partial charge in [0.25, 0.3) is 5.56 Å². The molecule has 4 nitrogen and oxygen atoms in total. The molecule has 0 aliphatic heterocycles. The van der Waals surface area contributed by atoms with E-state index in [2.05, 4.69) is 39.3 Å². The number of aromatic nitrogens is 2. The van der Waals surface area contributed by atoms with Crippen molar-refractivity contribution in [2.75, 3.05) is 5.73 Å². The molecule has 1 heterocycles. The van der Waals surface area contributed by atoms with Gasteiger partial charge in [0.05, 0.1) is 5.69 Å². The molecule has 0 atom stereocenters. The zero-order valence-corrected chi connectivity index (χ0v) is 12.4. The van der Waals surface area contributed by atoms with Crippen molar-refractivity contribution in [2.24, 2.45) is 5.92 Å². The molecule has 0 spiro atoms. The van der Waals surface area contributed by atoms with E-state index in [9.17, 15) is 4.79 Å². The molecule has 0 aromatic carbocycles. The Bertz CT molecular complexity index is 441. The summed E-state index contributed by atoms with van der Waals surface area (Å²) in [5, 5.41) is 0. The molecule has 0 fully saturated rings. The number of rotatable bonds is 6. The second-order valence-corrected chi connectivity index (χ2v) is 5.69. The summed E-state index contributed by atoms with van der Waals surface area (Å²) in [4.78, 5) is 12.2. The summed E-state index contributed by atoms with van der Waals surface area (Å²) in [6, 6.07) is 0. The number of hydrogen-bond donors (Lipinski definition) is 1. The Labute approximate surface area is 110 Å². The van der Waals surface area contributed by atoms with Crippen LogP contribution in [0.2, 0.25) is 0 Å². The molecule has 0 amide bonds. The van der Waals surface area contributed by atoms with Gasteiger partial charge in [-0.25, -0.2) is 4.68 Å². The minimum Gasteiger partial charge on any atom is -0.393 e. The molecule has 1 aromatic heterocycles. The van der Waals surface area contributed by atoms with Gasteiger partial charge in [0.15, 0.2) is 0 Å². The minimum absolute atomic E-state index is 0.0206. The van der Waals surface area contributed by atoms with Gasteiger partial charge in [-0.1, -0.05) is 34.6 Å². The van der Waals surface area contributed by atoms with Crippen LogP contribution < -0.4 is 11.3 Å². The summed E-state index contributed by atoms with van der Waals surface area (Å²) in [6.45, 7) is 12.3. The van der Waals surface area contributed by atoms with Crippen molar-refractivity contribution in [1.82, 2.24) is 9.36 Å². The fourth-order valence-electron chi connectivity index (χ4n) is 2.29. The van der Waals surface area contributed by atoms with Crippen molar-refractivity contribution >= 4 is 5.69 Å². The van der Waals surface area contributed by atoms with E-state index in [1.165, 1.54) is 0 Å². The first kappa shape index (κ1) is 14.9. The van der Waals surface area contributed by atoms with Gasteiger partial charge in [0.2, 0.25) is 0 Å². The zero-order valence-electron chi connectivity index (χ0n) is 12.4. The van der Waals surface area contributed by atoms with Crippen molar-refractivity contribution in [3.63, 3.8) is 0 Å². The second-order valence-electron chi connectivity index (χ2n) is 5.69. The fraction of sp³-hybridized carbons (Fsp3) is 0.786. The maximum absolute atomic E-state index is 12.2. The molecule has 1 aromatic rings. The summed E-state index contributed by atoms with van der Waals surface area (Å²) < 4.78 is 3.92. The number of nitrogen functional groups attached to an aromatic ring is 1. The van der Waals surface area contributed by atoms with Gasteiger partial charge in [0.1, 0.15) is 5.69 Å². The fourth-order valence-corrected chi connectivity index (χ4v) is 2.29. The quantitative estimate of drug-likeness (QED) is 0.847. The van der Waals surface area contributed by atoms with E-state index in [4.69, 9.17) is 5.73 Å². The molecular weight excluding hydrogens is 226 g/mol. The SMILES string of the molecule is CCCn1c(C(C)C)c(N)c(=O)n1CCC(C)C. The Balaban J connectivity index is 3.22. The van der Waals surface area contributed by atoms with Gasteiger partial charge in [-0.3, -0.25) is 9.48 Å². The van der Waals surface area contributed by atoms with Crippen LogP contribution in [-0.2, 0) is 13.1 Å². The molecule has 1 rings (SSSR count). The third kappa shape index (κ3) is 2.98. The first-order valence-electron chi connectivity index (χ1n) is 6.99. The molecule has 104 valence electrons. The molecule has 0 aliphatic rings. The predicted molar refractivity (Wildman–Crippen MR) is 76.9 cm³/mol. The monoisotopic (exact) mass is 253 g/mol. The summed E-state index contributed by atoms with van der Waals surface area (Å²) in [7, 11) is 0. The molecule has 0 bridgehead atoms. The molecule has 0 unspecified atom stereocenters. The van der Waals surface area contributed by atoms with Crippen LogP contribution in [0.1, 0.15) is 59.1 Å². The average molecular weight is 253 g/mol. The highest BCUT2D eigenvalue weighted by Crippen LogP contribution is 2.20. The summed E-state index contributed by atoms with van der Waals surface area (Å²) in [5.74, 6) is 0.871. The molecule has 18 heavy (non-hydrogen) atoms. The third-order valence-electron chi connectivity index (χ3n) is 3.21. The second kappa shape index (κ2) is 6.12. The van der Waals surface area contributed by atoms with Gasteiger partial charge in [-0.05, 0) is 24.7 Å². The van der Waals surface area contributed by atoms with E-state index >= 15 is 0 Å². The highest BCUT2D eigenvalue weighted by atomic mass is 16.1. The van der Waals surface area contributed by atoms with Crippen molar-refractivity contribution in [3.8, 4) is 0 Å². The lowest BCUT2D eigenvalue weighted by atomic mass is 10.1. The van der Waals surface area contributed by atoms with Crippen LogP contribution in [0.25, 0.3) is 0 Å². The number of anilines is 1. The largest absolute Gasteiger partial charge is 0.393 e. The molecule has 0 aliphatic carbocycles. The Hall–Kier alpha value is -1.19. The van der Waals surface area contributed by atoms with Crippen LogP contribution in [0.15, 0.2) is 4.79 Å². The molecule has 0 radical (unpaired) electrons. The van der Waals surface area contributed by atoms with Crippen LogP contribution in [0.5, 0.6) is 0 Å². The van der Waals surface area contributed by atoms with Crippen molar-refractivity contribution in [1.29, 1.82) is 0 Å². The van der Waals surface area contributed by atoms with Crippen molar-refractivity contribution < 1.29 is 0 Å². The summed E-state index contributed by atoms with van der Waals surface area (Å²) in [5.41, 5.74) is 7.39. The van der Waals surface area contributed by atoms with E-state index in [1.54, 1.807) is 0 Å². The molecule has 4 heteroatoms. The Kier molecular flexibility index (Phi) is 5.05. The lowest BCUT2D eigenvalue weighted by Gasteiger charge is -2.16. The third-order valence-corrected chi connectivity index (χ3v) is 3.21. The highest BCUT2D eigenvalue weighted by molar-refractivity contribution is 5.43. The molecule has 2 N–H and O–H groups in total. The van der Waals surface area contributed by atoms with Gasteiger partial charge < -0.3 is 5.73 Å². The van der Waals surface area contributed by atoms with Crippen LogP contribution in [0, 0.1) is 5.92 Å². The Morgan fingerprint density at radius 3 is 2.17 bits per heavy atom. The minimum atomic E-state index is -0.0206. The first-order valence-corrected chi connectivity index (χ1v) is 6.99. The van der Waals surface area contributed by atoms with E-state index in [1.807, 2.05) is 4.68 Å². The summed E-state index contributed by atoms with van der Waals surface area (Å²) in [6.07, 6.45) is 2.01. The number of nitrogens with two attached hydrogens (primary N) is 1. The highest BCUT2D eigenvalue weighted by Gasteiger charge is 2.19. The normalized spacial score (nSPS) is 11.7. The lowest BCUT2D eigenvalue weighted by molar-refractivity contribution is 0.386. The number of hydrogen-bond acceptors (Lipinski definition) is 2. The van der Waals surface area contributed by atoms with Gasteiger partial charge in [-0.15, -0.1) is 0 Å². The van der Waals surface area contributed by atoms with Crippen LogP contribution >= 0.6 is 0 Å². The topological polar surface area (TPSA) is 52.9 Å². The smallest absolute Gasteiger partial charge is 0.290 e. The van der Waals surface area contributed by atoms with Crippen LogP contribution in [0.3, 0.4) is 0 Å². The van der Waals surface area contributed by atoms with Gasteiger partial charge in [-0.2, -0.15) is 0 Å². The van der Waals surface area contributed by atoms with Crippen molar-refractivity contribution in [3.05, 3.63) is 16.0 Å². The zero-order chi connectivity index (χ0) is 13.9. The van der Waals surface area contributed by atoms with Gasteiger partial charge in [0, 0.05) is 13.1 Å².